The second-order valence-corrected chi connectivity index (χ2v) is 17.7. The van der Waals surface area contributed by atoms with Gasteiger partial charge < -0.3 is 24.7 Å². The van der Waals surface area contributed by atoms with Crippen LogP contribution in [0.15, 0.2) is 36.4 Å². The number of rotatable bonds is 8. The number of hydrogen-bond acceptors (Lipinski definition) is 7. The Labute approximate surface area is 273 Å². The third-order valence-electron chi connectivity index (χ3n) is 9.77. The van der Waals surface area contributed by atoms with Crippen LogP contribution in [0.3, 0.4) is 0 Å². The van der Waals surface area contributed by atoms with E-state index < -0.39 is 19.7 Å². The first-order chi connectivity index (χ1) is 21.9. The quantitative estimate of drug-likeness (QED) is 0.190. The molecule has 0 unspecified atom stereocenters. The lowest BCUT2D eigenvalue weighted by atomic mass is 9.71. The van der Waals surface area contributed by atoms with Gasteiger partial charge in [-0.05, 0) is 87.1 Å². The van der Waals surface area contributed by atoms with Crippen molar-refractivity contribution < 1.29 is 27.2 Å². The molecule has 2 N–H and O–H groups in total. The lowest BCUT2D eigenvalue weighted by molar-refractivity contribution is -0.126. The maximum Gasteiger partial charge on any atom is 0.393 e. The predicted octanol–water partition coefficient (Wildman–Crippen LogP) is 7.56. The van der Waals surface area contributed by atoms with E-state index in [1.54, 1.807) is 44.7 Å². The molecule has 6 rings (SSSR count). The van der Waals surface area contributed by atoms with Crippen LogP contribution in [-0.4, -0.2) is 76.4 Å². The summed E-state index contributed by atoms with van der Waals surface area (Å²) in [5.74, 6) is 6.60. The van der Waals surface area contributed by atoms with Gasteiger partial charge in [0.25, 0.3) is 0 Å². The zero-order chi connectivity index (χ0) is 32.5. The highest BCUT2D eigenvalue weighted by atomic mass is 32.1. The smallest absolute Gasteiger partial charge is 0.393 e. The molecule has 248 valence electrons. The highest BCUT2D eigenvalue weighted by molar-refractivity contribution is 7.70. The van der Waals surface area contributed by atoms with Gasteiger partial charge in [0.05, 0.1) is 41.0 Å². The van der Waals surface area contributed by atoms with Crippen LogP contribution in [0, 0.1) is 17.3 Å². The van der Waals surface area contributed by atoms with Gasteiger partial charge in [-0.25, -0.2) is 0 Å². The zero-order valence-corrected chi connectivity index (χ0v) is 28.5. The number of nitrogens with zero attached hydrogens (tertiary/aromatic N) is 1. The van der Waals surface area contributed by atoms with Crippen molar-refractivity contribution in [3.05, 3.63) is 46.8 Å². The fourth-order valence-corrected chi connectivity index (χ4v) is 9.22. The first-order valence-electron chi connectivity index (χ1n) is 16.1. The third-order valence-corrected chi connectivity index (χ3v) is 12.5. The number of likely N-dealkylation sites (tertiary alicyclic amines) is 1. The largest absolute Gasteiger partial charge is 0.495 e. The van der Waals surface area contributed by atoms with Gasteiger partial charge in [-0.3, -0.25) is 4.90 Å². The van der Waals surface area contributed by atoms with Crippen molar-refractivity contribution in [2.24, 2.45) is 5.41 Å². The van der Waals surface area contributed by atoms with Crippen molar-refractivity contribution >= 4 is 45.2 Å². The molecule has 1 saturated carbocycles. The Balaban J connectivity index is 1.14. The summed E-state index contributed by atoms with van der Waals surface area (Å²) in [4.78, 5) is 3.09. The number of alkyl halides is 3. The van der Waals surface area contributed by atoms with E-state index in [9.17, 15) is 17.7 Å². The molecule has 0 bridgehead atoms. The molecule has 0 radical (unpaired) electrons. The van der Waals surface area contributed by atoms with Gasteiger partial charge in [0.2, 0.25) is 0 Å². The fourth-order valence-electron chi connectivity index (χ4n) is 7.19. The second kappa shape index (κ2) is 13.4. The number of hydrogen-bond donors (Lipinski definition) is 2. The molecule has 3 aromatic rings. The Morgan fingerprint density at radius 1 is 1.09 bits per heavy atom. The van der Waals surface area contributed by atoms with Crippen LogP contribution in [0.5, 0.6) is 5.75 Å². The van der Waals surface area contributed by atoms with E-state index >= 15 is 0 Å². The van der Waals surface area contributed by atoms with Gasteiger partial charge >= 0.3 is 6.18 Å². The number of fused-ring (bicyclic) bond motifs is 1. The Hall–Kier alpha value is -2.70. The predicted molar refractivity (Wildman–Crippen MR) is 183 cm³/mol. The van der Waals surface area contributed by atoms with E-state index in [0.29, 0.717) is 44.5 Å². The number of ether oxygens (including phenoxy) is 2. The van der Waals surface area contributed by atoms with Gasteiger partial charge in [0, 0.05) is 49.1 Å². The van der Waals surface area contributed by atoms with Crippen LogP contribution in [0.1, 0.15) is 49.0 Å². The molecule has 11 heteroatoms. The van der Waals surface area contributed by atoms with E-state index in [2.05, 4.69) is 27.4 Å². The van der Waals surface area contributed by atoms with Crippen LogP contribution >= 0.6 is 18.5 Å². The Kier molecular flexibility index (Phi) is 9.70. The minimum atomic E-state index is -4.35. The van der Waals surface area contributed by atoms with Crippen LogP contribution in [0.2, 0.25) is 0 Å². The number of halogens is 3. The summed E-state index contributed by atoms with van der Waals surface area (Å²) in [5, 5.41) is 8.21. The molecule has 1 aliphatic carbocycles. The fraction of sp³-hybridized carbons (Fsp3) is 0.543. The molecule has 1 spiro atoms. The number of anilines is 2. The summed E-state index contributed by atoms with van der Waals surface area (Å²) in [7, 11) is -0.912. The third kappa shape index (κ3) is 7.54. The van der Waals surface area contributed by atoms with E-state index in [4.69, 9.17) is 9.47 Å². The molecule has 2 aliphatic heterocycles. The maximum atomic E-state index is 13.7. The van der Waals surface area contributed by atoms with E-state index in [0.717, 1.165) is 49.3 Å². The van der Waals surface area contributed by atoms with E-state index in [1.807, 2.05) is 12.1 Å². The molecule has 2 aromatic carbocycles. The number of thiophene rings is 1. The molecule has 46 heavy (non-hydrogen) atoms. The Morgan fingerprint density at radius 3 is 2.50 bits per heavy atom. The van der Waals surface area contributed by atoms with E-state index in [1.165, 1.54) is 37.3 Å². The molecule has 3 heterocycles. The Bertz CT molecular complexity index is 1650. The van der Waals surface area contributed by atoms with Crippen LogP contribution in [0.4, 0.5) is 24.5 Å². The molecule has 3 fully saturated rings. The van der Waals surface area contributed by atoms with Crippen molar-refractivity contribution in [3.8, 4) is 17.6 Å². The summed E-state index contributed by atoms with van der Waals surface area (Å²) in [6.07, 6.45) is 1.35. The minimum Gasteiger partial charge on any atom is -0.495 e. The first-order valence-corrected chi connectivity index (χ1v) is 19.5. The molecule has 6 nitrogen and oxygen atoms in total. The molecule has 0 amide bonds. The first kappa shape index (κ1) is 33.2. The second-order valence-electron chi connectivity index (χ2n) is 13.4. The summed E-state index contributed by atoms with van der Waals surface area (Å²) < 4.78 is 65.6. The Morgan fingerprint density at radius 2 is 1.83 bits per heavy atom. The summed E-state index contributed by atoms with van der Waals surface area (Å²) in [6.45, 7) is 7.77. The highest BCUT2D eigenvalue weighted by Gasteiger charge is 2.46. The van der Waals surface area contributed by atoms with Crippen LogP contribution < -0.4 is 20.7 Å². The summed E-state index contributed by atoms with van der Waals surface area (Å²) in [5.41, 5.74) is 2.27. The molecule has 1 aromatic heterocycles. The van der Waals surface area contributed by atoms with Crippen LogP contribution in [-0.2, 0) is 15.7 Å². The normalized spacial score (nSPS) is 21.8. The average molecular weight is 674 g/mol. The molecular weight excluding hydrogens is 630 g/mol. The SMILES string of the molecule is COc1cc(P(C)(C)=O)ccc1NCC#Cc1sc2c(NC3CCC(N4CC5(CCOCC5)C4)CC3)cccc2c1CC(F)(F)F. The highest BCUT2D eigenvalue weighted by Crippen LogP contribution is 2.44. The maximum absolute atomic E-state index is 13.7. The van der Waals surface area contributed by atoms with Crippen LogP contribution in [0.25, 0.3) is 10.1 Å². The van der Waals surface area contributed by atoms with Gasteiger partial charge in [0.1, 0.15) is 12.9 Å². The lowest BCUT2D eigenvalue weighted by Crippen LogP contribution is -2.62. The summed E-state index contributed by atoms with van der Waals surface area (Å²) in [6, 6.07) is 11.9. The number of nitrogens with one attached hydrogen (secondary N) is 2. The minimum absolute atomic E-state index is 0.214. The molecular formula is C35H43F3N3O3PS. The zero-order valence-electron chi connectivity index (χ0n) is 26.8. The average Bonchev–Trinajstić information content (AvgIpc) is 3.35. The van der Waals surface area contributed by atoms with E-state index in [-0.39, 0.29) is 12.1 Å². The molecule has 3 aliphatic rings. The standard InChI is InChI=1S/C35H43F3N3O3PS/c1-43-31-20-26(45(2,3)42)13-14-29(31)39-17-5-8-32-28(21-35(36,37)38)27-6-4-7-30(33(27)46-32)40-24-9-11-25(12-10-24)41-22-34(23-41)15-18-44-19-16-34/h4,6-7,13-14,20,24-25,39-40H,9-12,15-19,21-23H2,1-3H3. The lowest BCUT2D eigenvalue weighted by Gasteiger charge is -2.56. The van der Waals surface area contributed by atoms with Crippen molar-refractivity contribution in [1.29, 1.82) is 0 Å². The number of methoxy groups -OCH3 is 1. The summed E-state index contributed by atoms with van der Waals surface area (Å²) >= 11 is 1.33. The van der Waals surface area contributed by atoms with Crippen molar-refractivity contribution in [2.75, 3.05) is 63.9 Å². The van der Waals surface area contributed by atoms with Gasteiger partial charge in [-0.1, -0.05) is 24.0 Å². The van der Waals surface area contributed by atoms with Crippen molar-refractivity contribution in [2.45, 2.75) is 63.2 Å². The molecule has 0 atom stereocenters. The molecule has 2 saturated heterocycles. The monoisotopic (exact) mass is 673 g/mol. The number of benzene rings is 2. The van der Waals surface area contributed by atoms with Crippen molar-refractivity contribution in [1.82, 2.24) is 4.90 Å². The van der Waals surface area contributed by atoms with Crippen molar-refractivity contribution in [3.63, 3.8) is 0 Å². The van der Waals surface area contributed by atoms with Gasteiger partial charge in [-0.15, -0.1) is 11.3 Å². The topological polar surface area (TPSA) is 62.8 Å². The van der Waals surface area contributed by atoms with Gasteiger partial charge in [0.15, 0.2) is 0 Å². The van der Waals surface area contributed by atoms with Gasteiger partial charge in [-0.2, -0.15) is 13.2 Å².